The first-order valence-electron chi connectivity index (χ1n) is 11.0. The molecular weight excluding hydrogens is 520 g/mol. The second-order valence-corrected chi connectivity index (χ2v) is 8.44. The molecule has 38 heavy (non-hydrogen) atoms. The third kappa shape index (κ3) is 4.59. The second kappa shape index (κ2) is 10.2. The van der Waals surface area contributed by atoms with E-state index in [1.54, 1.807) is 48.5 Å². The molecule has 0 radical (unpaired) electrons. The van der Waals surface area contributed by atoms with Gasteiger partial charge in [0.15, 0.2) is 0 Å². The van der Waals surface area contributed by atoms with E-state index in [4.69, 9.17) is 0 Å². The molecule has 10 heteroatoms. The first-order chi connectivity index (χ1) is 18.4. The van der Waals surface area contributed by atoms with Crippen molar-refractivity contribution in [1.29, 1.82) is 0 Å². The van der Waals surface area contributed by atoms with Crippen LogP contribution in [-0.2, 0) is 0 Å². The molecular formula is C28H14N4O4S2. The molecule has 0 aliphatic rings. The van der Waals surface area contributed by atoms with E-state index in [9.17, 15) is 19.8 Å². The van der Waals surface area contributed by atoms with Gasteiger partial charge in [0.05, 0.1) is 32.7 Å². The Labute approximate surface area is 225 Å². The molecule has 182 valence electrons. The number of carboxylic acids is 2. The number of carboxylic acid groups (broad SMARTS) is 2. The van der Waals surface area contributed by atoms with Gasteiger partial charge in [-0.15, -0.1) is 0 Å². The molecule has 0 aliphatic carbocycles. The minimum absolute atomic E-state index is 0.201. The van der Waals surface area contributed by atoms with Gasteiger partial charge < -0.3 is 10.2 Å². The van der Waals surface area contributed by atoms with E-state index < -0.39 is 11.9 Å². The number of hydrogen-bond acceptors (Lipinski definition) is 8. The summed E-state index contributed by atoms with van der Waals surface area (Å²) in [4.78, 5) is 40.7. The van der Waals surface area contributed by atoms with Gasteiger partial charge in [0.25, 0.3) is 0 Å². The number of fused-ring (bicyclic) bond motifs is 3. The number of benzene rings is 3. The summed E-state index contributed by atoms with van der Waals surface area (Å²) in [5, 5.41) is 25.5. The number of hydrogen-bond donors (Lipinski definition) is 2. The van der Waals surface area contributed by atoms with Gasteiger partial charge in [-0.3, -0.25) is 0 Å². The first kappa shape index (κ1) is 24.7. The van der Waals surface area contributed by atoms with E-state index in [0.717, 1.165) is 0 Å². The van der Waals surface area contributed by atoms with Gasteiger partial charge in [-0.2, -0.15) is 9.98 Å². The Kier molecular flexibility index (Phi) is 6.62. The van der Waals surface area contributed by atoms with E-state index in [2.05, 4.69) is 54.7 Å². The van der Waals surface area contributed by atoms with Crippen molar-refractivity contribution in [1.82, 2.24) is 9.97 Å². The van der Waals surface area contributed by atoms with Gasteiger partial charge in [0.2, 0.25) is 0 Å². The highest BCUT2D eigenvalue weighted by atomic mass is 32.1. The number of isothiocyanates is 2. The highest BCUT2D eigenvalue weighted by Crippen LogP contribution is 2.37. The Bertz CT molecular complexity index is 1740. The monoisotopic (exact) mass is 534 g/mol. The summed E-state index contributed by atoms with van der Waals surface area (Å²) >= 11 is 9.31. The molecule has 0 fully saturated rings. The molecule has 2 N–H and O–H groups in total. The van der Waals surface area contributed by atoms with Crippen LogP contribution in [0.4, 0.5) is 11.4 Å². The number of thiocarbonyl (C=S) groups is 2. The zero-order chi connectivity index (χ0) is 26.8. The summed E-state index contributed by atoms with van der Waals surface area (Å²) in [5.41, 5.74) is 3.96. The van der Waals surface area contributed by atoms with Crippen LogP contribution in [0.15, 0.2) is 82.8 Å². The lowest BCUT2D eigenvalue weighted by Crippen LogP contribution is -2.05. The molecule has 5 aromatic rings. The topological polar surface area (TPSA) is 125 Å². The van der Waals surface area contributed by atoms with E-state index in [1.165, 1.54) is 12.1 Å². The molecule has 0 saturated heterocycles. The zero-order valence-electron chi connectivity index (χ0n) is 19.2. The van der Waals surface area contributed by atoms with Crippen molar-refractivity contribution in [2.45, 2.75) is 0 Å². The van der Waals surface area contributed by atoms with Crippen molar-refractivity contribution >= 4 is 79.9 Å². The van der Waals surface area contributed by atoms with Crippen molar-refractivity contribution in [2.75, 3.05) is 0 Å². The summed E-state index contributed by atoms with van der Waals surface area (Å²) < 4.78 is 0. The van der Waals surface area contributed by atoms with Crippen LogP contribution >= 0.6 is 24.4 Å². The summed E-state index contributed by atoms with van der Waals surface area (Å²) in [7, 11) is 0. The van der Waals surface area contributed by atoms with Crippen LogP contribution in [0.3, 0.4) is 0 Å². The minimum Gasteiger partial charge on any atom is -0.477 e. The molecule has 3 aromatic carbocycles. The molecule has 0 amide bonds. The van der Waals surface area contributed by atoms with Gasteiger partial charge in [0.1, 0.15) is 11.4 Å². The smallest absolute Gasteiger partial charge is 0.354 e. The van der Waals surface area contributed by atoms with Crippen LogP contribution in [0.25, 0.3) is 44.1 Å². The van der Waals surface area contributed by atoms with Crippen molar-refractivity contribution < 1.29 is 19.8 Å². The Morgan fingerprint density at radius 3 is 1.32 bits per heavy atom. The Balaban J connectivity index is 1.84. The molecule has 0 saturated carbocycles. The number of carbonyl (C=O) groups is 2. The summed E-state index contributed by atoms with van der Waals surface area (Å²) in [6.07, 6.45) is 0. The van der Waals surface area contributed by atoms with Crippen LogP contribution in [0.1, 0.15) is 21.0 Å². The number of aromatic carboxylic acids is 2. The quantitative estimate of drug-likeness (QED) is 0.136. The highest BCUT2D eigenvalue weighted by Gasteiger charge is 2.19. The Morgan fingerprint density at radius 1 is 0.632 bits per heavy atom. The molecule has 2 aromatic heterocycles. The first-order valence-corrected chi connectivity index (χ1v) is 11.8. The van der Waals surface area contributed by atoms with E-state index in [-0.39, 0.29) is 22.4 Å². The van der Waals surface area contributed by atoms with E-state index >= 15 is 0 Å². The second-order valence-electron chi connectivity index (χ2n) is 8.08. The lowest BCUT2D eigenvalue weighted by molar-refractivity contribution is 0.0680. The van der Waals surface area contributed by atoms with Crippen LogP contribution < -0.4 is 0 Å². The van der Waals surface area contributed by atoms with Crippen LogP contribution in [-0.4, -0.2) is 42.4 Å². The Hall–Kier alpha value is -4.98. The molecule has 2 heterocycles. The fraction of sp³-hybridized carbons (Fsp3) is 0. The van der Waals surface area contributed by atoms with Crippen LogP contribution in [0.5, 0.6) is 0 Å². The van der Waals surface area contributed by atoms with E-state index in [0.29, 0.717) is 44.4 Å². The lowest BCUT2D eigenvalue weighted by atomic mass is 9.95. The lowest BCUT2D eigenvalue weighted by Gasteiger charge is -2.13. The highest BCUT2D eigenvalue weighted by molar-refractivity contribution is 7.78. The average molecular weight is 535 g/mol. The molecule has 0 aliphatic heterocycles. The summed E-state index contributed by atoms with van der Waals surface area (Å²) in [6, 6.07) is 20.7. The Morgan fingerprint density at radius 2 is 1.00 bits per heavy atom. The maximum absolute atomic E-state index is 12.0. The van der Waals surface area contributed by atoms with E-state index in [1.807, 2.05) is 12.1 Å². The number of rotatable bonds is 6. The fourth-order valence-corrected chi connectivity index (χ4v) is 4.42. The number of aromatic nitrogens is 2. The molecule has 0 spiro atoms. The van der Waals surface area contributed by atoms with Crippen LogP contribution in [0, 0.1) is 0 Å². The van der Waals surface area contributed by atoms with Gasteiger partial charge in [0, 0.05) is 10.8 Å². The molecule has 5 rings (SSSR count). The minimum atomic E-state index is -1.23. The van der Waals surface area contributed by atoms with Gasteiger partial charge in [-0.1, -0.05) is 36.4 Å². The molecule has 0 atom stereocenters. The molecule has 0 bridgehead atoms. The normalized spacial score (nSPS) is 10.5. The van der Waals surface area contributed by atoms with Gasteiger partial charge in [-0.25, -0.2) is 19.6 Å². The van der Waals surface area contributed by atoms with Crippen molar-refractivity contribution in [3.05, 3.63) is 84.2 Å². The number of pyridine rings is 2. The molecule has 8 nitrogen and oxygen atoms in total. The van der Waals surface area contributed by atoms with Crippen molar-refractivity contribution in [2.24, 2.45) is 9.98 Å². The predicted molar refractivity (Wildman–Crippen MR) is 151 cm³/mol. The summed E-state index contributed by atoms with van der Waals surface area (Å²) in [6.45, 7) is 0. The third-order valence-electron chi connectivity index (χ3n) is 5.90. The van der Waals surface area contributed by atoms with Gasteiger partial charge >= 0.3 is 11.9 Å². The number of nitrogens with zero attached hydrogens (tertiary/aromatic N) is 4. The molecule has 0 unspecified atom stereocenters. The predicted octanol–water partition coefficient (Wildman–Crippen LogP) is 6.98. The average Bonchev–Trinajstić information content (AvgIpc) is 2.93. The van der Waals surface area contributed by atoms with Crippen molar-refractivity contribution in [3.8, 4) is 22.3 Å². The number of aliphatic imine (C=N–C) groups is 2. The van der Waals surface area contributed by atoms with Crippen LogP contribution in [0.2, 0.25) is 0 Å². The standard InChI is InChI=1S/C28H14N4O4S2/c33-27(34)23-11-21(15-1-5-17(6-2-15)29-13-37)19-9-10-20-22(16-3-7-18(8-4-16)30-14-38)12-24(28(35)36)32-26(20)25(19)31-23/h1-12H,(H,33,34)(H,35,36). The zero-order valence-corrected chi connectivity index (χ0v) is 20.9. The van der Waals surface area contributed by atoms with Crippen molar-refractivity contribution in [3.63, 3.8) is 0 Å². The fourth-order valence-electron chi connectivity index (χ4n) is 4.21. The largest absolute Gasteiger partial charge is 0.477 e. The maximum atomic E-state index is 12.0. The third-order valence-corrected chi connectivity index (χ3v) is 6.09. The van der Waals surface area contributed by atoms with Gasteiger partial charge in [-0.05, 0) is 83.1 Å². The SMILES string of the molecule is O=C(O)c1cc(-c2ccc(N=C=S)cc2)c2ccc3c(-c4ccc(N=C=S)cc4)cc(C(=O)O)nc3c2n1. The maximum Gasteiger partial charge on any atom is 0.354 e. The summed E-state index contributed by atoms with van der Waals surface area (Å²) in [5.74, 6) is -2.45.